The van der Waals surface area contributed by atoms with Gasteiger partial charge in [-0.05, 0) is 33.0 Å². The maximum Gasteiger partial charge on any atom is 0.151 e. The lowest BCUT2D eigenvalue weighted by Crippen LogP contribution is -2.57. The monoisotopic (exact) mass is 221 g/mol. The number of nitrogen functional groups attached to an aromatic ring is 1. The molecule has 2 N–H and O–H groups in total. The van der Waals surface area contributed by atoms with Crippen LogP contribution in [0, 0.1) is 0 Å². The van der Waals surface area contributed by atoms with E-state index in [0.717, 1.165) is 25.5 Å². The summed E-state index contributed by atoms with van der Waals surface area (Å²) in [5.74, 6) is 1.38. The molecule has 1 aromatic heterocycles. The van der Waals surface area contributed by atoms with E-state index in [1.807, 2.05) is 6.07 Å². The number of nitrogens with two attached hydrogens (primary N) is 1. The average molecular weight is 221 g/mol. The molecule has 0 saturated carbocycles. The summed E-state index contributed by atoms with van der Waals surface area (Å²) >= 11 is 0. The smallest absolute Gasteiger partial charge is 0.151 e. The summed E-state index contributed by atoms with van der Waals surface area (Å²) in [7, 11) is 2.16. The summed E-state index contributed by atoms with van der Waals surface area (Å²) < 4.78 is 0. The zero-order valence-electron chi connectivity index (χ0n) is 10.1. The van der Waals surface area contributed by atoms with Gasteiger partial charge in [-0.1, -0.05) is 0 Å². The van der Waals surface area contributed by atoms with Gasteiger partial charge in [0, 0.05) is 25.2 Å². The largest absolute Gasteiger partial charge is 0.382 e. The van der Waals surface area contributed by atoms with E-state index >= 15 is 0 Å². The highest BCUT2D eigenvalue weighted by Crippen LogP contribution is 2.22. The lowest BCUT2D eigenvalue weighted by Gasteiger charge is -2.45. The fourth-order valence-electron chi connectivity index (χ4n) is 1.94. The number of anilines is 2. The zero-order chi connectivity index (χ0) is 11.8. The van der Waals surface area contributed by atoms with Crippen LogP contribution in [0.25, 0.3) is 0 Å². The Kier molecular flexibility index (Phi) is 2.71. The topological polar surface area (TPSA) is 58.3 Å². The minimum atomic E-state index is 0.168. The third-order valence-electron chi connectivity index (χ3n) is 3.31. The average Bonchev–Trinajstić information content (AvgIpc) is 2.23. The Labute approximate surface area is 96.2 Å². The van der Waals surface area contributed by atoms with Gasteiger partial charge in [-0.2, -0.15) is 0 Å². The molecule has 1 aliphatic heterocycles. The lowest BCUT2D eigenvalue weighted by atomic mass is 10.00. The van der Waals surface area contributed by atoms with Crippen molar-refractivity contribution in [3.05, 3.63) is 12.1 Å². The molecular formula is C11H19N5. The fourth-order valence-corrected chi connectivity index (χ4v) is 1.94. The van der Waals surface area contributed by atoms with Crippen LogP contribution in [-0.2, 0) is 0 Å². The van der Waals surface area contributed by atoms with Crippen LogP contribution in [0.2, 0.25) is 0 Å². The number of likely N-dealkylation sites (N-methyl/N-ethyl adjacent to an activating group) is 1. The standard InChI is InChI=1S/C11H19N5/c1-11(2)8-16(7-6-15(11)3)10-5-4-9(12)13-14-10/h4-5H,6-8H2,1-3H3,(H2,12,13). The first-order chi connectivity index (χ1) is 7.49. The molecule has 2 heterocycles. The van der Waals surface area contributed by atoms with Gasteiger partial charge in [0.05, 0.1) is 0 Å². The molecule has 0 aliphatic carbocycles. The minimum Gasteiger partial charge on any atom is -0.382 e. The minimum absolute atomic E-state index is 0.168. The second-order valence-corrected chi connectivity index (χ2v) is 4.97. The lowest BCUT2D eigenvalue weighted by molar-refractivity contribution is 0.138. The molecule has 1 fully saturated rings. The third kappa shape index (κ3) is 2.09. The Bertz CT molecular complexity index is 359. The number of rotatable bonds is 1. The molecule has 2 rings (SSSR count). The van der Waals surface area contributed by atoms with Crippen LogP contribution in [-0.4, -0.2) is 47.3 Å². The highest BCUT2D eigenvalue weighted by molar-refractivity contribution is 5.42. The van der Waals surface area contributed by atoms with Crippen molar-refractivity contribution < 1.29 is 0 Å². The Morgan fingerprint density at radius 3 is 2.56 bits per heavy atom. The van der Waals surface area contributed by atoms with Gasteiger partial charge < -0.3 is 10.6 Å². The highest BCUT2D eigenvalue weighted by atomic mass is 15.3. The molecule has 0 spiro atoms. The molecule has 1 saturated heterocycles. The summed E-state index contributed by atoms with van der Waals surface area (Å²) in [4.78, 5) is 4.63. The Morgan fingerprint density at radius 2 is 2.00 bits per heavy atom. The third-order valence-corrected chi connectivity index (χ3v) is 3.31. The summed E-state index contributed by atoms with van der Waals surface area (Å²) in [5.41, 5.74) is 5.70. The summed E-state index contributed by atoms with van der Waals surface area (Å²) in [5, 5.41) is 8.02. The van der Waals surface area contributed by atoms with Crippen molar-refractivity contribution in [1.29, 1.82) is 0 Å². The van der Waals surface area contributed by atoms with E-state index in [-0.39, 0.29) is 5.54 Å². The fraction of sp³-hybridized carbons (Fsp3) is 0.636. The van der Waals surface area contributed by atoms with Gasteiger partial charge in [-0.25, -0.2) is 0 Å². The maximum atomic E-state index is 5.53. The predicted molar refractivity (Wildman–Crippen MR) is 65.4 cm³/mol. The number of piperazine rings is 1. The molecule has 5 nitrogen and oxygen atoms in total. The molecule has 16 heavy (non-hydrogen) atoms. The van der Waals surface area contributed by atoms with Crippen LogP contribution in [0.1, 0.15) is 13.8 Å². The molecule has 0 bridgehead atoms. The Balaban J connectivity index is 2.14. The van der Waals surface area contributed by atoms with Crippen molar-refractivity contribution in [2.75, 3.05) is 37.3 Å². The first-order valence-corrected chi connectivity index (χ1v) is 5.54. The van der Waals surface area contributed by atoms with Crippen LogP contribution < -0.4 is 10.6 Å². The van der Waals surface area contributed by atoms with Gasteiger partial charge in [0.2, 0.25) is 0 Å². The first kappa shape index (κ1) is 11.1. The number of hydrogen-bond acceptors (Lipinski definition) is 5. The maximum absolute atomic E-state index is 5.53. The van der Waals surface area contributed by atoms with Gasteiger partial charge in [0.1, 0.15) is 5.82 Å². The Morgan fingerprint density at radius 1 is 1.25 bits per heavy atom. The molecular weight excluding hydrogens is 202 g/mol. The van der Waals surface area contributed by atoms with Crippen molar-refractivity contribution in [2.24, 2.45) is 0 Å². The molecule has 0 amide bonds. The van der Waals surface area contributed by atoms with E-state index in [4.69, 9.17) is 5.73 Å². The van der Waals surface area contributed by atoms with E-state index in [1.54, 1.807) is 6.07 Å². The quantitative estimate of drug-likeness (QED) is 0.752. The normalized spacial score (nSPS) is 21.1. The van der Waals surface area contributed by atoms with Crippen molar-refractivity contribution >= 4 is 11.6 Å². The number of hydrogen-bond donors (Lipinski definition) is 1. The Hall–Kier alpha value is -1.36. The molecule has 0 atom stereocenters. The molecule has 0 radical (unpaired) electrons. The SMILES string of the molecule is CN1CCN(c2ccc(N)nn2)CC1(C)C. The number of nitrogens with zero attached hydrogens (tertiary/aromatic N) is 4. The van der Waals surface area contributed by atoms with Crippen molar-refractivity contribution in [3.8, 4) is 0 Å². The summed E-state index contributed by atoms with van der Waals surface area (Å²) in [6.45, 7) is 7.47. The first-order valence-electron chi connectivity index (χ1n) is 5.54. The van der Waals surface area contributed by atoms with Gasteiger partial charge in [-0.3, -0.25) is 4.90 Å². The molecule has 1 aliphatic rings. The van der Waals surface area contributed by atoms with Gasteiger partial charge >= 0.3 is 0 Å². The van der Waals surface area contributed by atoms with Crippen LogP contribution in [0.5, 0.6) is 0 Å². The number of aromatic nitrogens is 2. The van der Waals surface area contributed by atoms with Crippen molar-refractivity contribution in [3.63, 3.8) is 0 Å². The molecule has 5 heteroatoms. The second kappa shape index (κ2) is 3.90. The van der Waals surface area contributed by atoms with Crippen LogP contribution in [0.3, 0.4) is 0 Å². The summed E-state index contributed by atoms with van der Waals surface area (Å²) in [6, 6.07) is 3.73. The van der Waals surface area contributed by atoms with E-state index in [1.165, 1.54) is 0 Å². The zero-order valence-corrected chi connectivity index (χ0v) is 10.1. The highest BCUT2D eigenvalue weighted by Gasteiger charge is 2.31. The van der Waals surface area contributed by atoms with Gasteiger partial charge in [-0.15, -0.1) is 10.2 Å². The molecule has 0 unspecified atom stereocenters. The van der Waals surface area contributed by atoms with E-state index in [2.05, 4.69) is 40.9 Å². The van der Waals surface area contributed by atoms with E-state index < -0.39 is 0 Å². The van der Waals surface area contributed by atoms with E-state index in [0.29, 0.717) is 5.82 Å². The second-order valence-electron chi connectivity index (χ2n) is 4.97. The molecule has 88 valence electrons. The van der Waals surface area contributed by atoms with E-state index in [9.17, 15) is 0 Å². The predicted octanol–water partition coefficient (Wildman–Crippen LogP) is 0.589. The van der Waals surface area contributed by atoms with Crippen molar-refractivity contribution in [2.45, 2.75) is 19.4 Å². The van der Waals surface area contributed by atoms with Gasteiger partial charge in [0.25, 0.3) is 0 Å². The van der Waals surface area contributed by atoms with Crippen LogP contribution in [0.15, 0.2) is 12.1 Å². The summed E-state index contributed by atoms with van der Waals surface area (Å²) in [6.07, 6.45) is 0. The molecule has 0 aromatic carbocycles. The van der Waals surface area contributed by atoms with Crippen molar-refractivity contribution in [1.82, 2.24) is 15.1 Å². The molecule has 1 aromatic rings. The van der Waals surface area contributed by atoms with Crippen LogP contribution in [0.4, 0.5) is 11.6 Å². The van der Waals surface area contributed by atoms with Crippen LogP contribution >= 0.6 is 0 Å². The van der Waals surface area contributed by atoms with Gasteiger partial charge in [0.15, 0.2) is 5.82 Å².